The molecule has 1 aromatic rings. The first-order valence-electron chi connectivity index (χ1n) is 4.99. The minimum atomic E-state index is -0.673. The van der Waals surface area contributed by atoms with Crippen LogP contribution in [0.5, 0.6) is 0 Å². The number of aliphatic hydroxyl groups excluding tert-OH is 2. The van der Waals surface area contributed by atoms with Crippen molar-refractivity contribution in [3.05, 3.63) is 35.0 Å². The van der Waals surface area contributed by atoms with Crippen molar-refractivity contribution in [1.29, 1.82) is 0 Å². The van der Waals surface area contributed by atoms with E-state index in [1.807, 2.05) is 19.1 Å². The van der Waals surface area contributed by atoms with E-state index in [0.717, 1.165) is 5.56 Å². The third-order valence-corrected chi connectivity index (χ3v) is 2.43. The molecule has 4 heteroatoms. The highest BCUT2D eigenvalue weighted by molar-refractivity contribution is 5.44. The predicted molar refractivity (Wildman–Crippen MR) is 60.2 cm³/mol. The molecule has 0 aliphatic carbocycles. The Labute approximate surface area is 89.6 Å². The fourth-order valence-corrected chi connectivity index (χ4v) is 1.51. The number of hydrogen-bond acceptors (Lipinski definition) is 3. The Bertz CT molecular complexity index is 291. The molecule has 0 amide bonds. The van der Waals surface area contributed by atoms with E-state index in [4.69, 9.17) is 10.2 Å². The average Bonchev–Trinajstić information content (AvgIpc) is 2.19. The van der Waals surface area contributed by atoms with Gasteiger partial charge in [0.25, 0.3) is 0 Å². The standard InChI is InChI=1S/C11H17NO3/c1-10-2-4-11(5-3-10)12(15,6-8-13)7-9-14/h2-5,13-14H,6-9H2,1H3. The van der Waals surface area contributed by atoms with Gasteiger partial charge in [0.15, 0.2) is 0 Å². The van der Waals surface area contributed by atoms with Crippen molar-refractivity contribution >= 4 is 5.69 Å². The minimum Gasteiger partial charge on any atom is -0.627 e. The summed E-state index contributed by atoms with van der Waals surface area (Å²) in [6.45, 7) is 1.73. The highest BCUT2D eigenvalue weighted by Crippen LogP contribution is 2.21. The fourth-order valence-electron chi connectivity index (χ4n) is 1.51. The summed E-state index contributed by atoms with van der Waals surface area (Å²) in [5, 5.41) is 29.9. The van der Waals surface area contributed by atoms with Crippen LogP contribution in [0.25, 0.3) is 0 Å². The number of rotatable bonds is 5. The molecule has 15 heavy (non-hydrogen) atoms. The van der Waals surface area contributed by atoms with E-state index in [0.29, 0.717) is 5.69 Å². The van der Waals surface area contributed by atoms with Gasteiger partial charge >= 0.3 is 0 Å². The van der Waals surface area contributed by atoms with Gasteiger partial charge in [0.05, 0.1) is 13.2 Å². The van der Waals surface area contributed by atoms with Crippen LogP contribution in [-0.4, -0.2) is 36.5 Å². The molecule has 0 saturated heterocycles. The number of aliphatic hydroxyl groups is 2. The maximum absolute atomic E-state index is 12.2. The number of hydroxylamine groups is 2. The molecule has 1 aromatic carbocycles. The lowest BCUT2D eigenvalue weighted by Crippen LogP contribution is -2.47. The van der Waals surface area contributed by atoms with Crippen molar-refractivity contribution in [1.82, 2.24) is 4.65 Å². The van der Waals surface area contributed by atoms with E-state index >= 15 is 0 Å². The Morgan fingerprint density at radius 3 is 1.93 bits per heavy atom. The van der Waals surface area contributed by atoms with Gasteiger partial charge in [-0.15, -0.1) is 0 Å². The molecular formula is C11H17NO3. The molecule has 0 atom stereocenters. The average molecular weight is 211 g/mol. The van der Waals surface area contributed by atoms with Gasteiger partial charge < -0.3 is 20.1 Å². The van der Waals surface area contributed by atoms with Crippen LogP contribution < -0.4 is 4.65 Å². The van der Waals surface area contributed by atoms with Crippen molar-refractivity contribution in [2.75, 3.05) is 26.3 Å². The van der Waals surface area contributed by atoms with Crippen LogP contribution in [0.1, 0.15) is 5.56 Å². The Hall–Kier alpha value is -0.940. The second-order valence-electron chi connectivity index (χ2n) is 3.62. The van der Waals surface area contributed by atoms with Crippen LogP contribution in [0.15, 0.2) is 24.3 Å². The van der Waals surface area contributed by atoms with Gasteiger partial charge in [-0.3, -0.25) is 0 Å². The van der Waals surface area contributed by atoms with Gasteiger partial charge in [-0.1, -0.05) is 17.7 Å². The van der Waals surface area contributed by atoms with Gasteiger partial charge in [-0.2, -0.15) is 0 Å². The normalized spacial score (nSPS) is 11.7. The molecule has 0 aromatic heterocycles. The SMILES string of the molecule is Cc1ccc([N+]([O-])(CCO)CCO)cc1. The zero-order valence-electron chi connectivity index (χ0n) is 8.89. The predicted octanol–water partition coefficient (Wildman–Crippen LogP) is 0.785. The van der Waals surface area contributed by atoms with Crippen LogP contribution in [0.4, 0.5) is 5.69 Å². The molecule has 1 rings (SSSR count). The number of nitrogens with zero attached hydrogens (tertiary/aromatic N) is 1. The van der Waals surface area contributed by atoms with Gasteiger partial charge in [-0.25, -0.2) is 0 Å². The second-order valence-corrected chi connectivity index (χ2v) is 3.62. The van der Waals surface area contributed by atoms with Crippen LogP contribution in [0.3, 0.4) is 0 Å². The molecule has 0 heterocycles. The van der Waals surface area contributed by atoms with Crippen LogP contribution in [0, 0.1) is 12.1 Å². The van der Waals surface area contributed by atoms with Gasteiger partial charge in [0.2, 0.25) is 0 Å². The van der Waals surface area contributed by atoms with E-state index in [9.17, 15) is 5.21 Å². The monoisotopic (exact) mass is 211 g/mol. The number of hydrogen-bond donors (Lipinski definition) is 2. The first-order valence-corrected chi connectivity index (χ1v) is 4.99. The second kappa shape index (κ2) is 5.23. The first kappa shape index (κ1) is 12.1. The number of quaternary nitrogens is 1. The lowest BCUT2D eigenvalue weighted by molar-refractivity contribution is 0.200. The first-order chi connectivity index (χ1) is 7.12. The third-order valence-electron chi connectivity index (χ3n) is 2.43. The molecule has 2 N–H and O–H groups in total. The zero-order valence-corrected chi connectivity index (χ0v) is 8.89. The smallest absolute Gasteiger partial charge is 0.132 e. The summed E-state index contributed by atoms with van der Waals surface area (Å²) in [6, 6.07) is 7.20. The lowest BCUT2D eigenvalue weighted by atomic mass is 10.2. The van der Waals surface area contributed by atoms with Crippen molar-refractivity contribution in [3.63, 3.8) is 0 Å². The maximum atomic E-state index is 12.2. The third kappa shape index (κ3) is 3.00. The topological polar surface area (TPSA) is 63.5 Å². The van der Waals surface area contributed by atoms with Crippen molar-refractivity contribution < 1.29 is 10.2 Å². The van der Waals surface area contributed by atoms with E-state index in [-0.39, 0.29) is 26.3 Å². The summed E-state index contributed by atoms with van der Waals surface area (Å²) in [5.41, 5.74) is 1.65. The zero-order chi connectivity index (χ0) is 11.3. The van der Waals surface area contributed by atoms with Crippen molar-refractivity contribution in [3.8, 4) is 0 Å². The molecule has 0 bridgehead atoms. The van der Waals surface area contributed by atoms with Gasteiger partial charge in [0, 0.05) is 0 Å². The molecule has 0 radical (unpaired) electrons. The highest BCUT2D eigenvalue weighted by Gasteiger charge is 2.18. The van der Waals surface area contributed by atoms with Crippen molar-refractivity contribution in [2.45, 2.75) is 6.92 Å². The van der Waals surface area contributed by atoms with Crippen LogP contribution in [-0.2, 0) is 0 Å². The molecule has 0 spiro atoms. The summed E-state index contributed by atoms with van der Waals surface area (Å²) < 4.78 is -0.673. The summed E-state index contributed by atoms with van der Waals surface area (Å²) >= 11 is 0. The maximum Gasteiger partial charge on any atom is 0.132 e. The summed E-state index contributed by atoms with van der Waals surface area (Å²) in [5.74, 6) is 0. The summed E-state index contributed by atoms with van der Waals surface area (Å²) in [7, 11) is 0. The lowest BCUT2D eigenvalue weighted by Gasteiger charge is -2.41. The Morgan fingerprint density at radius 1 is 1.07 bits per heavy atom. The molecule has 84 valence electrons. The fraction of sp³-hybridized carbons (Fsp3) is 0.455. The van der Waals surface area contributed by atoms with E-state index in [1.54, 1.807) is 12.1 Å². The summed E-state index contributed by atoms with van der Waals surface area (Å²) in [4.78, 5) is 0. The quantitative estimate of drug-likeness (QED) is 0.559. The Morgan fingerprint density at radius 2 is 1.53 bits per heavy atom. The molecule has 0 aliphatic rings. The molecular weight excluding hydrogens is 194 g/mol. The Balaban J connectivity index is 2.92. The largest absolute Gasteiger partial charge is 0.627 e. The number of benzene rings is 1. The van der Waals surface area contributed by atoms with E-state index in [2.05, 4.69) is 0 Å². The van der Waals surface area contributed by atoms with Crippen molar-refractivity contribution in [2.24, 2.45) is 0 Å². The Kier molecular flexibility index (Phi) is 4.23. The molecule has 4 nitrogen and oxygen atoms in total. The van der Waals surface area contributed by atoms with Crippen LogP contribution in [0.2, 0.25) is 0 Å². The molecule has 0 unspecified atom stereocenters. The molecule has 0 fully saturated rings. The molecule has 0 aliphatic heterocycles. The molecule has 0 saturated carbocycles. The highest BCUT2D eigenvalue weighted by atomic mass is 16.5. The van der Waals surface area contributed by atoms with Gasteiger partial charge in [0.1, 0.15) is 18.8 Å². The van der Waals surface area contributed by atoms with Gasteiger partial charge in [-0.05, 0) is 19.1 Å². The van der Waals surface area contributed by atoms with Crippen LogP contribution >= 0.6 is 0 Å². The summed E-state index contributed by atoms with van der Waals surface area (Å²) in [6.07, 6.45) is 0. The van der Waals surface area contributed by atoms with E-state index < -0.39 is 4.65 Å². The van der Waals surface area contributed by atoms with E-state index in [1.165, 1.54) is 0 Å². The minimum absolute atomic E-state index is 0.0730. The number of aryl methyl sites for hydroxylation is 1.